The number of benzene rings is 2. The molecule has 1 saturated heterocycles. The van der Waals surface area contributed by atoms with Gasteiger partial charge < -0.3 is 25.2 Å². The van der Waals surface area contributed by atoms with Gasteiger partial charge in [-0.2, -0.15) is 0 Å². The molecule has 8 heteroatoms. The van der Waals surface area contributed by atoms with E-state index in [0.29, 0.717) is 13.2 Å². The molecule has 0 saturated carbocycles. The highest BCUT2D eigenvalue weighted by atomic mass is 16.5. The van der Waals surface area contributed by atoms with Crippen molar-refractivity contribution in [1.82, 2.24) is 10.6 Å². The predicted molar refractivity (Wildman–Crippen MR) is 130 cm³/mol. The van der Waals surface area contributed by atoms with E-state index < -0.39 is 24.0 Å². The number of hydrogen-bond donors (Lipinski definition) is 3. The molecule has 4 rings (SSSR count). The molecule has 0 aromatic heterocycles. The first-order chi connectivity index (χ1) is 16.9. The van der Waals surface area contributed by atoms with Crippen LogP contribution in [0.2, 0.25) is 0 Å². The van der Waals surface area contributed by atoms with Gasteiger partial charge in [-0.05, 0) is 54.4 Å². The summed E-state index contributed by atoms with van der Waals surface area (Å²) in [4.78, 5) is 36.5. The minimum Gasteiger partial charge on any atom is -0.481 e. The van der Waals surface area contributed by atoms with Crippen molar-refractivity contribution in [3.63, 3.8) is 0 Å². The molecule has 3 N–H and O–H groups in total. The smallest absolute Gasteiger partial charge is 0.407 e. The number of rotatable bonds is 9. The Morgan fingerprint density at radius 1 is 1.09 bits per heavy atom. The zero-order chi connectivity index (χ0) is 24.8. The van der Waals surface area contributed by atoms with Crippen molar-refractivity contribution in [3.8, 4) is 11.1 Å². The van der Waals surface area contributed by atoms with Gasteiger partial charge in [0.05, 0.1) is 6.10 Å². The number of ether oxygens (including phenoxy) is 2. The lowest BCUT2D eigenvalue weighted by Gasteiger charge is -2.28. The number of carbonyl (C=O) groups is 3. The molecule has 1 fully saturated rings. The third-order valence-electron chi connectivity index (χ3n) is 6.76. The summed E-state index contributed by atoms with van der Waals surface area (Å²) >= 11 is 0. The van der Waals surface area contributed by atoms with E-state index in [4.69, 9.17) is 14.6 Å². The van der Waals surface area contributed by atoms with Crippen molar-refractivity contribution in [2.45, 2.75) is 50.7 Å². The number of hydrogen-bond acceptors (Lipinski definition) is 5. The van der Waals surface area contributed by atoms with Gasteiger partial charge in [0.1, 0.15) is 12.6 Å². The van der Waals surface area contributed by atoms with Crippen molar-refractivity contribution >= 4 is 18.0 Å². The molecule has 2 aliphatic rings. The zero-order valence-electron chi connectivity index (χ0n) is 19.9. The maximum atomic E-state index is 12.8. The summed E-state index contributed by atoms with van der Waals surface area (Å²) in [6.07, 6.45) is 0.847. The van der Waals surface area contributed by atoms with Crippen LogP contribution in [0.4, 0.5) is 4.79 Å². The van der Waals surface area contributed by atoms with E-state index in [9.17, 15) is 14.4 Å². The van der Waals surface area contributed by atoms with Gasteiger partial charge in [-0.25, -0.2) is 4.79 Å². The molecule has 3 unspecified atom stereocenters. The molecule has 1 aliphatic heterocycles. The second kappa shape index (κ2) is 11.4. The van der Waals surface area contributed by atoms with E-state index in [1.165, 1.54) is 0 Å². The summed E-state index contributed by atoms with van der Waals surface area (Å²) in [6.45, 7) is 3.24. The Labute approximate surface area is 205 Å². The van der Waals surface area contributed by atoms with Gasteiger partial charge in [0.2, 0.25) is 5.91 Å². The summed E-state index contributed by atoms with van der Waals surface area (Å²) < 4.78 is 11.1. The molecular weight excluding hydrogens is 448 g/mol. The number of fused-ring (bicyclic) bond motifs is 3. The quantitative estimate of drug-likeness (QED) is 0.504. The van der Waals surface area contributed by atoms with Crippen LogP contribution in [0.1, 0.15) is 49.7 Å². The summed E-state index contributed by atoms with van der Waals surface area (Å²) in [6, 6.07) is 15.1. The molecule has 1 aliphatic carbocycles. The van der Waals surface area contributed by atoms with Gasteiger partial charge in [-0.1, -0.05) is 48.5 Å². The van der Waals surface area contributed by atoms with Crippen LogP contribution in [0.15, 0.2) is 48.5 Å². The Morgan fingerprint density at radius 2 is 1.74 bits per heavy atom. The fraction of sp³-hybridized carbons (Fsp3) is 0.444. The summed E-state index contributed by atoms with van der Waals surface area (Å²) in [7, 11) is 0. The average Bonchev–Trinajstić information content (AvgIpc) is 3.17. The first-order valence-electron chi connectivity index (χ1n) is 12.1. The normalized spacial score (nSPS) is 19.8. The average molecular weight is 481 g/mol. The van der Waals surface area contributed by atoms with Gasteiger partial charge in [-0.15, -0.1) is 0 Å². The molecule has 3 atom stereocenters. The summed E-state index contributed by atoms with van der Waals surface area (Å²) in [5.74, 6) is -1.25. The van der Waals surface area contributed by atoms with E-state index in [1.807, 2.05) is 43.3 Å². The molecule has 8 nitrogen and oxygen atoms in total. The SMILES string of the molecule is CC1CC(CNC(=O)C(CCC(=O)O)NC(=O)OCC2c3ccccc3-c3ccccc32)CCO1. The van der Waals surface area contributed by atoms with Gasteiger partial charge in [-0.3, -0.25) is 9.59 Å². The number of amides is 2. The highest BCUT2D eigenvalue weighted by Crippen LogP contribution is 2.44. The standard InChI is InChI=1S/C27H32N2O6/c1-17-14-18(12-13-34-17)15-28-26(32)24(10-11-25(30)31)29-27(33)35-16-23-21-8-4-2-6-19(21)20-7-3-5-9-22(20)23/h2-9,17-18,23-24H,10-16H2,1H3,(H,28,32)(H,29,33)(H,30,31). The van der Waals surface area contributed by atoms with Gasteiger partial charge in [0, 0.05) is 25.5 Å². The minimum absolute atomic E-state index is 0.0183. The van der Waals surface area contributed by atoms with Crippen LogP contribution >= 0.6 is 0 Å². The van der Waals surface area contributed by atoms with Crippen LogP contribution in [-0.4, -0.2) is 55.0 Å². The minimum atomic E-state index is -1.03. The number of carboxylic acids is 1. The molecule has 0 spiro atoms. The van der Waals surface area contributed by atoms with Crippen molar-refractivity contribution in [1.29, 1.82) is 0 Å². The predicted octanol–water partition coefficient (Wildman–Crippen LogP) is 3.69. The Balaban J connectivity index is 1.35. The highest BCUT2D eigenvalue weighted by Gasteiger charge is 2.30. The largest absolute Gasteiger partial charge is 0.481 e. The van der Waals surface area contributed by atoms with E-state index >= 15 is 0 Å². The van der Waals surface area contributed by atoms with E-state index in [1.54, 1.807) is 0 Å². The Bertz CT molecular complexity index is 1030. The maximum Gasteiger partial charge on any atom is 0.407 e. The molecule has 1 heterocycles. The monoisotopic (exact) mass is 480 g/mol. The molecule has 2 aromatic carbocycles. The topological polar surface area (TPSA) is 114 Å². The fourth-order valence-electron chi connectivity index (χ4n) is 4.96. The molecule has 2 amide bonds. The first kappa shape index (κ1) is 24.7. The lowest BCUT2D eigenvalue weighted by Crippen LogP contribution is -2.48. The second-order valence-corrected chi connectivity index (χ2v) is 9.27. The lowest BCUT2D eigenvalue weighted by atomic mass is 9.96. The van der Waals surface area contributed by atoms with Gasteiger partial charge in [0.25, 0.3) is 0 Å². The summed E-state index contributed by atoms with van der Waals surface area (Å²) in [5, 5.41) is 14.5. The Morgan fingerprint density at radius 3 is 2.37 bits per heavy atom. The molecule has 0 bridgehead atoms. The third-order valence-corrected chi connectivity index (χ3v) is 6.76. The Hall–Kier alpha value is -3.39. The van der Waals surface area contributed by atoms with Crippen LogP contribution in [-0.2, 0) is 19.1 Å². The maximum absolute atomic E-state index is 12.8. The van der Waals surface area contributed by atoms with E-state index in [0.717, 1.165) is 35.1 Å². The van der Waals surface area contributed by atoms with Gasteiger partial charge in [0.15, 0.2) is 0 Å². The number of carbonyl (C=O) groups excluding carboxylic acids is 2. The van der Waals surface area contributed by atoms with Crippen LogP contribution < -0.4 is 10.6 Å². The molecule has 0 radical (unpaired) electrons. The van der Waals surface area contributed by atoms with Crippen LogP contribution in [0.5, 0.6) is 0 Å². The first-order valence-corrected chi connectivity index (χ1v) is 12.1. The van der Waals surface area contributed by atoms with Crippen LogP contribution in [0, 0.1) is 5.92 Å². The number of alkyl carbamates (subject to hydrolysis) is 1. The van der Waals surface area contributed by atoms with Gasteiger partial charge >= 0.3 is 12.1 Å². The summed E-state index contributed by atoms with van der Waals surface area (Å²) in [5.41, 5.74) is 4.43. The number of carboxylic acid groups (broad SMARTS) is 1. The zero-order valence-corrected chi connectivity index (χ0v) is 19.9. The third kappa shape index (κ3) is 6.19. The van der Waals surface area contributed by atoms with E-state index in [2.05, 4.69) is 22.8 Å². The second-order valence-electron chi connectivity index (χ2n) is 9.27. The van der Waals surface area contributed by atoms with Crippen LogP contribution in [0.3, 0.4) is 0 Å². The van der Waals surface area contributed by atoms with E-state index in [-0.39, 0.29) is 37.4 Å². The highest BCUT2D eigenvalue weighted by molar-refractivity contribution is 5.86. The lowest BCUT2D eigenvalue weighted by molar-refractivity contribution is -0.137. The van der Waals surface area contributed by atoms with Crippen molar-refractivity contribution < 1.29 is 29.0 Å². The molecule has 35 heavy (non-hydrogen) atoms. The fourth-order valence-corrected chi connectivity index (χ4v) is 4.96. The Kier molecular flexibility index (Phi) is 8.02. The van der Waals surface area contributed by atoms with Crippen molar-refractivity contribution in [2.75, 3.05) is 19.8 Å². The van der Waals surface area contributed by atoms with Crippen LogP contribution in [0.25, 0.3) is 11.1 Å². The van der Waals surface area contributed by atoms with Crippen molar-refractivity contribution in [2.24, 2.45) is 5.92 Å². The van der Waals surface area contributed by atoms with Crippen molar-refractivity contribution in [3.05, 3.63) is 59.7 Å². The number of nitrogens with one attached hydrogen (secondary N) is 2. The number of aliphatic carboxylic acids is 1. The molecule has 2 aromatic rings. The molecular formula is C27H32N2O6. The molecule has 186 valence electrons.